The number of carbonyl (C=O) groups is 2. The highest BCUT2D eigenvalue weighted by Crippen LogP contribution is 2.20. The average molecular weight is 358 g/mol. The van der Waals surface area contributed by atoms with Crippen LogP contribution in [-0.2, 0) is 11.3 Å². The Hall–Kier alpha value is -2.53. The van der Waals surface area contributed by atoms with E-state index >= 15 is 0 Å². The molecule has 1 unspecified atom stereocenters. The molecule has 2 aromatic carbocycles. The molecule has 0 aliphatic carbocycles. The van der Waals surface area contributed by atoms with Crippen LogP contribution in [0, 0.1) is 6.92 Å². The van der Waals surface area contributed by atoms with Crippen molar-refractivity contribution >= 4 is 29.2 Å². The van der Waals surface area contributed by atoms with Crippen LogP contribution < -0.4 is 10.6 Å². The smallest absolute Gasteiger partial charge is 0.319 e. The fourth-order valence-electron chi connectivity index (χ4n) is 2.94. The van der Waals surface area contributed by atoms with Gasteiger partial charge in [-0.15, -0.1) is 0 Å². The molecule has 2 aromatic rings. The average Bonchev–Trinajstić information content (AvgIpc) is 2.90. The number of benzene rings is 2. The van der Waals surface area contributed by atoms with Crippen LogP contribution in [0.2, 0.25) is 5.02 Å². The molecular formula is C19H20ClN3O2. The lowest BCUT2D eigenvalue weighted by Crippen LogP contribution is -2.39. The number of nitrogens with one attached hydrogen (secondary N) is 2. The van der Waals surface area contributed by atoms with Gasteiger partial charge in [0.15, 0.2) is 0 Å². The van der Waals surface area contributed by atoms with Gasteiger partial charge in [-0.1, -0.05) is 41.9 Å². The summed E-state index contributed by atoms with van der Waals surface area (Å²) >= 11 is 5.92. The lowest BCUT2D eigenvalue weighted by atomic mass is 10.2. The van der Waals surface area contributed by atoms with Crippen LogP contribution in [0.1, 0.15) is 17.5 Å². The molecule has 0 saturated carbocycles. The number of rotatable bonds is 4. The summed E-state index contributed by atoms with van der Waals surface area (Å²) in [5, 5.41) is 6.30. The Morgan fingerprint density at radius 3 is 2.72 bits per heavy atom. The third-order valence-corrected chi connectivity index (χ3v) is 4.44. The Labute approximate surface area is 152 Å². The SMILES string of the molecule is Cc1cc(Cl)ccc1NC(=O)NC1CC(=O)N(Cc2ccccc2)C1. The number of hydrogen-bond donors (Lipinski definition) is 2. The molecule has 1 fully saturated rings. The molecule has 1 saturated heterocycles. The van der Waals surface area contributed by atoms with Crippen LogP contribution in [0.15, 0.2) is 48.5 Å². The second-order valence-corrected chi connectivity index (χ2v) is 6.66. The minimum atomic E-state index is -0.315. The molecule has 3 amide bonds. The predicted molar refractivity (Wildman–Crippen MR) is 98.6 cm³/mol. The highest BCUT2D eigenvalue weighted by molar-refractivity contribution is 6.30. The van der Waals surface area contributed by atoms with Gasteiger partial charge in [0.05, 0.1) is 6.04 Å². The van der Waals surface area contributed by atoms with Crippen molar-refractivity contribution in [3.8, 4) is 0 Å². The van der Waals surface area contributed by atoms with E-state index in [0.29, 0.717) is 30.2 Å². The van der Waals surface area contributed by atoms with Crippen LogP contribution in [0.3, 0.4) is 0 Å². The Kier molecular flexibility index (Phi) is 5.24. The lowest BCUT2D eigenvalue weighted by molar-refractivity contribution is -0.128. The molecule has 1 aliphatic rings. The van der Waals surface area contributed by atoms with Crippen molar-refractivity contribution in [3.63, 3.8) is 0 Å². The van der Waals surface area contributed by atoms with E-state index in [9.17, 15) is 9.59 Å². The summed E-state index contributed by atoms with van der Waals surface area (Å²) in [5.74, 6) is 0.0526. The molecule has 0 aromatic heterocycles. The first-order chi connectivity index (χ1) is 12.0. The van der Waals surface area contributed by atoms with Crippen LogP contribution in [0.5, 0.6) is 0 Å². The van der Waals surface area contributed by atoms with E-state index in [4.69, 9.17) is 11.6 Å². The number of likely N-dealkylation sites (tertiary alicyclic amines) is 1. The van der Waals surface area contributed by atoms with Crippen molar-refractivity contribution in [1.82, 2.24) is 10.2 Å². The second-order valence-electron chi connectivity index (χ2n) is 6.22. The van der Waals surface area contributed by atoms with Gasteiger partial charge >= 0.3 is 6.03 Å². The highest BCUT2D eigenvalue weighted by atomic mass is 35.5. The fraction of sp³-hybridized carbons (Fsp3) is 0.263. The molecule has 3 rings (SSSR count). The molecule has 130 valence electrons. The third-order valence-electron chi connectivity index (χ3n) is 4.20. The van der Waals surface area contributed by atoms with Gasteiger partial charge in [-0.25, -0.2) is 4.79 Å². The number of carbonyl (C=O) groups excluding carboxylic acids is 2. The molecule has 1 aliphatic heterocycles. The van der Waals surface area contributed by atoms with E-state index in [0.717, 1.165) is 11.1 Å². The molecule has 1 heterocycles. The number of anilines is 1. The Morgan fingerprint density at radius 2 is 2.00 bits per heavy atom. The van der Waals surface area contributed by atoms with Crippen molar-refractivity contribution < 1.29 is 9.59 Å². The van der Waals surface area contributed by atoms with E-state index in [-0.39, 0.29) is 18.0 Å². The number of nitrogens with zero attached hydrogens (tertiary/aromatic N) is 1. The molecule has 1 atom stereocenters. The van der Waals surface area contributed by atoms with E-state index < -0.39 is 0 Å². The number of aryl methyl sites for hydroxylation is 1. The summed E-state index contributed by atoms with van der Waals surface area (Å²) in [6, 6.07) is 14.6. The zero-order valence-corrected chi connectivity index (χ0v) is 14.7. The van der Waals surface area contributed by atoms with Gasteiger partial charge in [-0.2, -0.15) is 0 Å². The normalized spacial score (nSPS) is 16.8. The summed E-state index contributed by atoms with van der Waals surface area (Å²) < 4.78 is 0. The first-order valence-corrected chi connectivity index (χ1v) is 8.54. The number of halogens is 1. The zero-order chi connectivity index (χ0) is 17.8. The van der Waals surface area contributed by atoms with Gasteiger partial charge in [-0.3, -0.25) is 4.79 Å². The summed E-state index contributed by atoms with van der Waals surface area (Å²) in [6.07, 6.45) is 0.319. The topological polar surface area (TPSA) is 61.4 Å². The van der Waals surface area contributed by atoms with Crippen molar-refractivity contribution in [1.29, 1.82) is 0 Å². The molecule has 2 N–H and O–H groups in total. The second kappa shape index (κ2) is 7.57. The monoisotopic (exact) mass is 357 g/mol. The third kappa shape index (κ3) is 4.51. The molecule has 25 heavy (non-hydrogen) atoms. The summed E-state index contributed by atoms with van der Waals surface area (Å²) in [4.78, 5) is 26.1. The molecule has 0 radical (unpaired) electrons. The maximum absolute atomic E-state index is 12.2. The molecule has 0 spiro atoms. The standard InChI is InChI=1S/C19H20ClN3O2/c1-13-9-15(20)7-8-17(13)22-19(25)21-16-10-18(24)23(12-16)11-14-5-3-2-4-6-14/h2-9,16H,10-12H2,1H3,(H2,21,22,25). The predicted octanol–water partition coefficient (Wildman–Crippen LogP) is 3.57. The first-order valence-electron chi connectivity index (χ1n) is 8.16. The lowest BCUT2D eigenvalue weighted by Gasteiger charge is -2.17. The summed E-state index contributed by atoms with van der Waals surface area (Å²) in [5.41, 5.74) is 2.67. The van der Waals surface area contributed by atoms with Gasteiger partial charge in [-0.05, 0) is 36.2 Å². The fourth-order valence-corrected chi connectivity index (χ4v) is 3.16. The van der Waals surface area contributed by atoms with Gasteiger partial charge in [0.25, 0.3) is 0 Å². The largest absolute Gasteiger partial charge is 0.336 e. The van der Waals surface area contributed by atoms with Gasteiger partial charge in [0.1, 0.15) is 0 Å². The summed E-state index contributed by atoms with van der Waals surface area (Å²) in [6.45, 7) is 2.96. The quantitative estimate of drug-likeness (QED) is 0.878. The zero-order valence-electron chi connectivity index (χ0n) is 14.0. The van der Waals surface area contributed by atoms with E-state index in [1.54, 1.807) is 23.1 Å². The van der Waals surface area contributed by atoms with E-state index in [2.05, 4.69) is 10.6 Å². The van der Waals surface area contributed by atoms with Gasteiger partial charge < -0.3 is 15.5 Å². The molecule has 6 heteroatoms. The van der Waals surface area contributed by atoms with E-state index in [1.165, 1.54) is 0 Å². The number of amides is 3. The molecular weight excluding hydrogens is 338 g/mol. The van der Waals surface area contributed by atoms with Crippen LogP contribution in [-0.4, -0.2) is 29.4 Å². The van der Waals surface area contributed by atoms with Crippen molar-refractivity contribution in [2.45, 2.75) is 25.9 Å². The van der Waals surface area contributed by atoms with Crippen molar-refractivity contribution in [2.75, 3.05) is 11.9 Å². The van der Waals surface area contributed by atoms with Crippen LogP contribution in [0.25, 0.3) is 0 Å². The highest BCUT2D eigenvalue weighted by Gasteiger charge is 2.30. The number of hydrogen-bond acceptors (Lipinski definition) is 2. The van der Waals surface area contributed by atoms with Crippen LogP contribution >= 0.6 is 11.6 Å². The Balaban J connectivity index is 1.55. The minimum absolute atomic E-state index is 0.0526. The Morgan fingerprint density at radius 1 is 1.24 bits per heavy atom. The van der Waals surface area contributed by atoms with Crippen molar-refractivity contribution in [3.05, 3.63) is 64.7 Å². The minimum Gasteiger partial charge on any atom is -0.336 e. The van der Waals surface area contributed by atoms with Crippen LogP contribution in [0.4, 0.5) is 10.5 Å². The summed E-state index contributed by atoms with van der Waals surface area (Å²) in [7, 11) is 0. The van der Waals surface area contributed by atoms with E-state index in [1.807, 2.05) is 37.3 Å². The molecule has 5 nitrogen and oxygen atoms in total. The van der Waals surface area contributed by atoms with Crippen molar-refractivity contribution in [2.24, 2.45) is 0 Å². The molecule has 0 bridgehead atoms. The maximum atomic E-state index is 12.2. The van der Waals surface area contributed by atoms with Gasteiger partial charge in [0, 0.05) is 30.2 Å². The number of urea groups is 1. The Bertz CT molecular complexity index is 779. The first kappa shape index (κ1) is 17.3. The maximum Gasteiger partial charge on any atom is 0.319 e. The van der Waals surface area contributed by atoms with Gasteiger partial charge in [0.2, 0.25) is 5.91 Å².